The minimum Gasteiger partial charge on any atom is -0.378 e. The Kier molecular flexibility index (Phi) is 5.97. The van der Waals surface area contributed by atoms with Crippen LogP contribution < -0.4 is 15.5 Å². The molecule has 2 amide bonds. The minimum absolute atomic E-state index is 0.229. The van der Waals surface area contributed by atoms with Gasteiger partial charge in [-0.25, -0.2) is 4.98 Å². The van der Waals surface area contributed by atoms with Crippen LogP contribution in [-0.2, 0) is 4.74 Å². The molecule has 0 bridgehead atoms. The van der Waals surface area contributed by atoms with E-state index in [1.807, 2.05) is 43.3 Å². The summed E-state index contributed by atoms with van der Waals surface area (Å²) < 4.78 is 5.41. The van der Waals surface area contributed by atoms with Gasteiger partial charge in [0.05, 0.1) is 25.1 Å². The molecule has 5 rings (SSSR count). The summed E-state index contributed by atoms with van der Waals surface area (Å²) in [6.07, 6.45) is 3.41. The van der Waals surface area contributed by atoms with E-state index < -0.39 is 0 Å². The highest BCUT2D eigenvalue weighted by molar-refractivity contribution is 6.08. The van der Waals surface area contributed by atoms with Gasteiger partial charge in [-0.1, -0.05) is 12.1 Å². The topological polar surface area (TPSA) is 99.3 Å². The van der Waals surface area contributed by atoms with Crippen LogP contribution in [0.5, 0.6) is 0 Å². The Morgan fingerprint density at radius 1 is 0.971 bits per heavy atom. The number of pyridine rings is 1. The van der Waals surface area contributed by atoms with Crippen molar-refractivity contribution in [3.63, 3.8) is 0 Å². The van der Waals surface area contributed by atoms with Gasteiger partial charge >= 0.3 is 0 Å². The number of nitrogens with zero attached hydrogens (tertiary/aromatic N) is 2. The first-order chi connectivity index (χ1) is 16.6. The molecule has 0 aliphatic carbocycles. The van der Waals surface area contributed by atoms with Crippen LogP contribution in [0.4, 0.5) is 17.1 Å². The van der Waals surface area contributed by atoms with Crippen molar-refractivity contribution in [2.24, 2.45) is 0 Å². The molecule has 3 N–H and O–H groups in total. The third-order valence-electron chi connectivity index (χ3n) is 5.88. The van der Waals surface area contributed by atoms with Gasteiger partial charge in [-0.3, -0.25) is 9.59 Å². The van der Waals surface area contributed by atoms with Crippen LogP contribution in [0.1, 0.15) is 26.3 Å². The molecule has 1 aliphatic heterocycles. The molecule has 0 radical (unpaired) electrons. The van der Waals surface area contributed by atoms with Crippen LogP contribution in [0.15, 0.2) is 67.0 Å². The van der Waals surface area contributed by atoms with Crippen molar-refractivity contribution in [2.45, 2.75) is 6.92 Å². The molecule has 8 nitrogen and oxygen atoms in total. The summed E-state index contributed by atoms with van der Waals surface area (Å²) in [5.41, 5.74) is 4.75. The number of fused-ring (bicyclic) bond motifs is 1. The summed E-state index contributed by atoms with van der Waals surface area (Å²) in [6.45, 7) is 4.82. The van der Waals surface area contributed by atoms with Crippen molar-refractivity contribution in [1.82, 2.24) is 9.97 Å². The Hall–Kier alpha value is -4.17. The Morgan fingerprint density at radius 2 is 1.79 bits per heavy atom. The average Bonchev–Trinajstić information content (AvgIpc) is 3.34. The highest BCUT2D eigenvalue weighted by Gasteiger charge is 2.15. The number of H-pyrrole nitrogens is 1. The second-order valence-electron chi connectivity index (χ2n) is 8.23. The number of benzene rings is 2. The maximum absolute atomic E-state index is 13.0. The van der Waals surface area contributed by atoms with E-state index in [1.54, 1.807) is 30.6 Å². The van der Waals surface area contributed by atoms with Gasteiger partial charge in [0.2, 0.25) is 0 Å². The number of rotatable bonds is 5. The summed E-state index contributed by atoms with van der Waals surface area (Å²) >= 11 is 0. The van der Waals surface area contributed by atoms with Crippen molar-refractivity contribution < 1.29 is 14.3 Å². The van der Waals surface area contributed by atoms with E-state index in [4.69, 9.17) is 4.74 Å². The lowest BCUT2D eigenvalue weighted by atomic mass is 10.1. The number of aromatic nitrogens is 2. The fraction of sp³-hybridized carbons (Fsp3) is 0.192. The van der Waals surface area contributed by atoms with E-state index in [2.05, 4.69) is 25.5 Å². The molecule has 0 spiro atoms. The highest BCUT2D eigenvalue weighted by Crippen LogP contribution is 2.22. The minimum atomic E-state index is -0.264. The van der Waals surface area contributed by atoms with Gasteiger partial charge in [0.25, 0.3) is 11.8 Å². The monoisotopic (exact) mass is 455 g/mol. The summed E-state index contributed by atoms with van der Waals surface area (Å²) in [7, 11) is 0. The first-order valence-electron chi connectivity index (χ1n) is 11.2. The molecule has 0 atom stereocenters. The predicted molar refractivity (Wildman–Crippen MR) is 133 cm³/mol. The molecule has 4 aromatic rings. The lowest BCUT2D eigenvalue weighted by Crippen LogP contribution is -2.36. The number of hydrogen-bond donors (Lipinski definition) is 3. The summed E-state index contributed by atoms with van der Waals surface area (Å²) in [4.78, 5) is 35.4. The number of hydrogen-bond acceptors (Lipinski definition) is 5. The molecule has 0 saturated carbocycles. The first kappa shape index (κ1) is 21.7. The molecular weight excluding hydrogens is 430 g/mol. The molecule has 3 heterocycles. The zero-order valence-corrected chi connectivity index (χ0v) is 18.8. The van der Waals surface area contributed by atoms with Crippen molar-refractivity contribution in [2.75, 3.05) is 41.8 Å². The van der Waals surface area contributed by atoms with Crippen LogP contribution in [0.2, 0.25) is 0 Å². The smallest absolute Gasteiger partial charge is 0.256 e. The van der Waals surface area contributed by atoms with Crippen LogP contribution in [-0.4, -0.2) is 48.1 Å². The van der Waals surface area contributed by atoms with Crippen LogP contribution in [0.3, 0.4) is 0 Å². The van der Waals surface area contributed by atoms with E-state index in [1.165, 1.54) is 0 Å². The van der Waals surface area contributed by atoms with Crippen molar-refractivity contribution in [1.29, 1.82) is 0 Å². The fourth-order valence-electron chi connectivity index (χ4n) is 4.02. The number of morpholine rings is 1. The second kappa shape index (κ2) is 9.36. The number of ether oxygens (including phenoxy) is 1. The number of nitrogens with one attached hydrogen (secondary N) is 3. The molecule has 8 heteroatoms. The highest BCUT2D eigenvalue weighted by atomic mass is 16.5. The van der Waals surface area contributed by atoms with Crippen molar-refractivity contribution >= 4 is 39.9 Å². The summed E-state index contributed by atoms with van der Waals surface area (Å²) in [6, 6.07) is 16.6. The standard InChI is InChI=1S/C26H25N5O3/c1-17-5-6-20(15-23(17)26(33)30-21-13-18-7-8-27-24(18)28-16-21)29-25(32)19-3-2-4-22(14-19)31-9-11-34-12-10-31/h2-8,13-16H,9-12H2,1H3,(H,27,28)(H,29,32)(H,30,33). The van der Waals surface area contributed by atoms with E-state index in [0.717, 1.165) is 35.4 Å². The molecular formula is C26H25N5O3. The Labute approximate surface area is 197 Å². The number of amides is 2. The van der Waals surface area contributed by atoms with E-state index in [-0.39, 0.29) is 11.8 Å². The van der Waals surface area contributed by atoms with Crippen LogP contribution >= 0.6 is 0 Å². The predicted octanol–water partition coefficient (Wildman–Crippen LogP) is 4.21. The van der Waals surface area contributed by atoms with Gasteiger partial charge in [-0.05, 0) is 55.0 Å². The van der Waals surface area contributed by atoms with E-state index in [0.29, 0.717) is 35.7 Å². The van der Waals surface area contributed by atoms with Gasteiger partial charge < -0.3 is 25.3 Å². The van der Waals surface area contributed by atoms with Gasteiger partial charge in [0, 0.05) is 47.2 Å². The van der Waals surface area contributed by atoms with E-state index in [9.17, 15) is 9.59 Å². The second-order valence-corrected chi connectivity index (χ2v) is 8.23. The number of aromatic amines is 1. The Morgan fingerprint density at radius 3 is 2.65 bits per heavy atom. The van der Waals surface area contributed by atoms with Crippen molar-refractivity contribution in [3.05, 3.63) is 83.7 Å². The molecule has 0 unspecified atom stereocenters. The molecule has 2 aromatic carbocycles. The number of carbonyl (C=O) groups excluding carboxylic acids is 2. The fourth-order valence-corrected chi connectivity index (χ4v) is 4.02. The third kappa shape index (κ3) is 4.62. The zero-order valence-electron chi connectivity index (χ0n) is 18.8. The quantitative estimate of drug-likeness (QED) is 0.419. The Balaban J connectivity index is 1.31. The van der Waals surface area contributed by atoms with Crippen LogP contribution in [0, 0.1) is 6.92 Å². The average molecular weight is 456 g/mol. The van der Waals surface area contributed by atoms with Gasteiger partial charge in [-0.15, -0.1) is 0 Å². The maximum Gasteiger partial charge on any atom is 0.256 e. The Bertz CT molecular complexity index is 1360. The van der Waals surface area contributed by atoms with Crippen molar-refractivity contribution in [3.8, 4) is 0 Å². The van der Waals surface area contributed by atoms with Gasteiger partial charge in [-0.2, -0.15) is 0 Å². The first-order valence-corrected chi connectivity index (χ1v) is 11.2. The van der Waals surface area contributed by atoms with E-state index >= 15 is 0 Å². The zero-order chi connectivity index (χ0) is 23.5. The lowest BCUT2D eigenvalue weighted by molar-refractivity contribution is 0.101. The lowest BCUT2D eigenvalue weighted by Gasteiger charge is -2.29. The molecule has 1 aliphatic rings. The number of aryl methyl sites for hydroxylation is 1. The normalized spacial score (nSPS) is 13.6. The van der Waals surface area contributed by atoms with Gasteiger partial charge in [0.15, 0.2) is 0 Å². The molecule has 1 saturated heterocycles. The molecule has 2 aromatic heterocycles. The number of anilines is 3. The SMILES string of the molecule is Cc1ccc(NC(=O)c2cccc(N3CCOCC3)c2)cc1C(=O)Nc1cnc2[nH]ccc2c1. The molecule has 34 heavy (non-hydrogen) atoms. The van der Waals surface area contributed by atoms with Crippen LogP contribution in [0.25, 0.3) is 11.0 Å². The molecule has 172 valence electrons. The van der Waals surface area contributed by atoms with Gasteiger partial charge in [0.1, 0.15) is 5.65 Å². The summed E-state index contributed by atoms with van der Waals surface area (Å²) in [5.74, 6) is -0.493. The number of carbonyl (C=O) groups is 2. The molecule has 1 fully saturated rings. The largest absolute Gasteiger partial charge is 0.378 e. The third-order valence-corrected chi connectivity index (χ3v) is 5.88. The summed E-state index contributed by atoms with van der Waals surface area (Å²) in [5, 5.41) is 6.72. The maximum atomic E-state index is 13.0.